The van der Waals surface area contributed by atoms with Crippen molar-refractivity contribution in [2.24, 2.45) is 10.2 Å². The van der Waals surface area contributed by atoms with Crippen molar-refractivity contribution in [2.75, 3.05) is 16.8 Å². The molecule has 4 aromatic rings. The van der Waals surface area contributed by atoms with E-state index in [0.717, 1.165) is 0 Å². The number of carbonyl (C=O) groups is 3. The van der Waals surface area contributed by atoms with Gasteiger partial charge in [0.15, 0.2) is 34.7 Å². The molecular formula is C26H20N8O3. The average molecular weight is 492 g/mol. The number of carbonyl (C=O) groups excluding carboxylic acids is 3. The van der Waals surface area contributed by atoms with Gasteiger partial charge in [-0.1, -0.05) is 37.3 Å². The molecular weight excluding hydrogens is 472 g/mol. The van der Waals surface area contributed by atoms with E-state index in [2.05, 4.69) is 30.5 Å². The zero-order valence-corrected chi connectivity index (χ0v) is 19.6. The molecule has 182 valence electrons. The normalized spacial score (nSPS) is 12.4. The lowest BCUT2D eigenvalue weighted by Gasteiger charge is -2.21. The Hall–Kier alpha value is -5.32. The number of fused-ring (bicyclic) bond motifs is 2. The van der Waals surface area contributed by atoms with Crippen LogP contribution in [-0.2, 0) is 4.79 Å². The molecule has 2 heterocycles. The number of amides is 1. The molecule has 37 heavy (non-hydrogen) atoms. The number of nitrogens with zero attached hydrogens (tertiary/aromatic N) is 5. The molecule has 1 aliphatic carbocycles. The van der Waals surface area contributed by atoms with Crippen molar-refractivity contribution in [3.63, 3.8) is 0 Å². The van der Waals surface area contributed by atoms with E-state index >= 15 is 0 Å². The molecule has 2 aromatic heterocycles. The van der Waals surface area contributed by atoms with Crippen molar-refractivity contribution in [3.05, 3.63) is 83.0 Å². The van der Waals surface area contributed by atoms with Crippen molar-refractivity contribution in [1.82, 2.24) is 15.0 Å². The van der Waals surface area contributed by atoms with Crippen molar-refractivity contribution >= 4 is 46.2 Å². The summed E-state index contributed by atoms with van der Waals surface area (Å²) in [5.74, 6) is -0.912. The highest BCUT2D eigenvalue weighted by molar-refractivity contribution is 6.32. The van der Waals surface area contributed by atoms with E-state index in [4.69, 9.17) is 11.5 Å². The summed E-state index contributed by atoms with van der Waals surface area (Å²) in [7, 11) is 0. The van der Waals surface area contributed by atoms with Crippen molar-refractivity contribution in [2.45, 2.75) is 13.3 Å². The number of hydrogen-bond acceptors (Lipinski definition) is 10. The summed E-state index contributed by atoms with van der Waals surface area (Å²) in [6.07, 6.45) is 1.82. The Bertz CT molecular complexity index is 1590. The number of azo groups is 1. The first-order valence-corrected chi connectivity index (χ1v) is 11.3. The van der Waals surface area contributed by atoms with Gasteiger partial charge in [-0.15, -0.1) is 10.2 Å². The van der Waals surface area contributed by atoms with Crippen LogP contribution in [0, 0.1) is 0 Å². The maximum Gasteiger partial charge on any atom is 0.224 e. The molecule has 1 amide bonds. The van der Waals surface area contributed by atoms with Crippen LogP contribution in [0.5, 0.6) is 0 Å². The van der Waals surface area contributed by atoms with Crippen LogP contribution in [0.4, 0.5) is 28.7 Å². The number of nitrogen functional groups attached to an aromatic ring is 2. The number of anilines is 3. The van der Waals surface area contributed by atoms with Crippen molar-refractivity contribution in [1.29, 1.82) is 0 Å². The van der Waals surface area contributed by atoms with Crippen molar-refractivity contribution in [3.8, 4) is 11.5 Å². The predicted molar refractivity (Wildman–Crippen MR) is 137 cm³/mol. The number of rotatable bonds is 5. The van der Waals surface area contributed by atoms with Gasteiger partial charge in [0, 0.05) is 23.7 Å². The predicted octanol–water partition coefficient (Wildman–Crippen LogP) is 4.24. The highest BCUT2D eigenvalue weighted by Crippen LogP contribution is 2.38. The minimum absolute atomic E-state index is 0.0224. The first kappa shape index (κ1) is 23.4. The first-order chi connectivity index (χ1) is 17.9. The molecule has 0 saturated carbocycles. The Morgan fingerprint density at radius 3 is 2.22 bits per heavy atom. The highest BCUT2D eigenvalue weighted by atomic mass is 16.2. The minimum Gasteiger partial charge on any atom is -0.382 e. The lowest BCUT2D eigenvalue weighted by atomic mass is 9.82. The molecule has 0 bridgehead atoms. The molecule has 0 fully saturated rings. The third-order valence-electron chi connectivity index (χ3n) is 5.74. The average Bonchev–Trinajstić information content (AvgIpc) is 2.91. The van der Waals surface area contributed by atoms with Gasteiger partial charge in [0.1, 0.15) is 5.69 Å². The number of nitrogens with one attached hydrogen (secondary N) is 1. The molecule has 2 aromatic carbocycles. The van der Waals surface area contributed by atoms with Crippen LogP contribution in [0.25, 0.3) is 11.5 Å². The summed E-state index contributed by atoms with van der Waals surface area (Å²) in [6.45, 7) is 1.70. The SMILES string of the molecule is CCC(=O)Nc1cccc2c1C(=O)c1cccc(N=Nc3c(N)nc(-c4ccccn4)nc3N)c1C2=O. The van der Waals surface area contributed by atoms with Gasteiger partial charge in [0.2, 0.25) is 5.91 Å². The molecule has 0 radical (unpaired) electrons. The summed E-state index contributed by atoms with van der Waals surface area (Å²) in [5, 5.41) is 11.0. The van der Waals surface area contributed by atoms with E-state index in [-0.39, 0.29) is 69.1 Å². The molecule has 1 aliphatic rings. The molecule has 0 saturated heterocycles. The maximum absolute atomic E-state index is 13.5. The lowest BCUT2D eigenvalue weighted by Crippen LogP contribution is -2.23. The smallest absolute Gasteiger partial charge is 0.224 e. The third kappa shape index (κ3) is 4.18. The second-order valence-corrected chi connectivity index (χ2v) is 8.07. The largest absolute Gasteiger partial charge is 0.382 e. The van der Waals surface area contributed by atoms with E-state index in [1.54, 1.807) is 55.6 Å². The minimum atomic E-state index is -0.422. The summed E-state index contributed by atoms with van der Waals surface area (Å²) in [6, 6.07) is 14.6. The second-order valence-electron chi connectivity index (χ2n) is 8.07. The molecule has 0 spiro atoms. The van der Waals surface area contributed by atoms with E-state index in [1.807, 2.05) is 0 Å². The van der Waals surface area contributed by atoms with Crippen LogP contribution in [0.2, 0.25) is 0 Å². The van der Waals surface area contributed by atoms with Gasteiger partial charge < -0.3 is 16.8 Å². The lowest BCUT2D eigenvalue weighted by molar-refractivity contribution is -0.115. The van der Waals surface area contributed by atoms with Gasteiger partial charge in [0.25, 0.3) is 0 Å². The number of aromatic nitrogens is 3. The van der Waals surface area contributed by atoms with Gasteiger partial charge in [-0.2, -0.15) is 0 Å². The van der Waals surface area contributed by atoms with Crippen LogP contribution in [0.15, 0.2) is 71.0 Å². The van der Waals surface area contributed by atoms with Crippen LogP contribution in [0.1, 0.15) is 45.2 Å². The molecule has 0 aliphatic heterocycles. The van der Waals surface area contributed by atoms with E-state index in [9.17, 15) is 14.4 Å². The maximum atomic E-state index is 13.5. The van der Waals surface area contributed by atoms with Gasteiger partial charge >= 0.3 is 0 Å². The fourth-order valence-corrected chi connectivity index (χ4v) is 3.96. The number of nitrogens with two attached hydrogens (primary N) is 2. The topological polar surface area (TPSA) is 179 Å². The number of pyridine rings is 1. The Morgan fingerprint density at radius 1 is 0.865 bits per heavy atom. The molecule has 5 rings (SSSR count). The van der Waals surface area contributed by atoms with Crippen LogP contribution in [-0.4, -0.2) is 32.4 Å². The molecule has 11 heteroatoms. The quantitative estimate of drug-likeness (QED) is 0.305. The molecule has 5 N–H and O–H groups in total. The van der Waals surface area contributed by atoms with Crippen LogP contribution < -0.4 is 16.8 Å². The first-order valence-electron chi connectivity index (χ1n) is 11.3. The fourth-order valence-electron chi connectivity index (χ4n) is 3.96. The molecule has 11 nitrogen and oxygen atoms in total. The van der Waals surface area contributed by atoms with Gasteiger partial charge in [-0.3, -0.25) is 19.4 Å². The summed E-state index contributed by atoms with van der Waals surface area (Å²) in [4.78, 5) is 51.5. The zero-order chi connectivity index (χ0) is 26.1. The van der Waals surface area contributed by atoms with Gasteiger partial charge in [-0.05, 0) is 24.3 Å². The van der Waals surface area contributed by atoms with Gasteiger partial charge in [0.05, 0.1) is 22.5 Å². The summed E-state index contributed by atoms with van der Waals surface area (Å²) < 4.78 is 0. The van der Waals surface area contributed by atoms with Crippen molar-refractivity contribution < 1.29 is 14.4 Å². The molecule has 0 unspecified atom stereocenters. The number of hydrogen-bond donors (Lipinski definition) is 3. The fraction of sp³-hybridized carbons (Fsp3) is 0.0769. The van der Waals surface area contributed by atoms with Gasteiger partial charge in [-0.25, -0.2) is 9.97 Å². The summed E-state index contributed by atoms with van der Waals surface area (Å²) in [5.41, 5.74) is 13.6. The zero-order valence-electron chi connectivity index (χ0n) is 19.6. The standard InChI is InChI=1S/C26H20N8O3/c1-2-18(35)30-15-10-5-7-13-19(15)22(36)14-8-6-11-16(20(14)23(13)37)33-34-21-24(27)31-26(32-25(21)28)17-9-3-4-12-29-17/h3-12H,2H2,1H3,(H,30,35)(H4,27,28,31,32). The Labute approximate surface area is 210 Å². The Kier molecular flexibility index (Phi) is 5.94. The molecule has 0 atom stereocenters. The Morgan fingerprint density at radius 2 is 1.54 bits per heavy atom. The number of benzene rings is 2. The van der Waals surface area contributed by atoms with E-state index < -0.39 is 11.6 Å². The third-order valence-corrected chi connectivity index (χ3v) is 5.74. The monoisotopic (exact) mass is 492 g/mol. The van der Waals surface area contributed by atoms with Crippen LogP contribution >= 0.6 is 0 Å². The Balaban J connectivity index is 1.54. The highest BCUT2D eigenvalue weighted by Gasteiger charge is 2.34. The number of ketones is 2. The van der Waals surface area contributed by atoms with Crippen LogP contribution in [0.3, 0.4) is 0 Å². The van der Waals surface area contributed by atoms with E-state index in [1.165, 1.54) is 12.1 Å². The second kappa shape index (κ2) is 9.38. The summed E-state index contributed by atoms with van der Waals surface area (Å²) >= 11 is 0. The van der Waals surface area contributed by atoms with E-state index in [0.29, 0.717) is 5.69 Å².